The molecule has 0 saturated carbocycles. The van der Waals surface area contributed by atoms with E-state index in [1.165, 1.54) is 0 Å². The van der Waals surface area contributed by atoms with E-state index in [1.807, 2.05) is 11.0 Å². The van der Waals surface area contributed by atoms with Gasteiger partial charge in [0.05, 0.1) is 18.8 Å². The Morgan fingerprint density at radius 3 is 2.75 bits per heavy atom. The second kappa shape index (κ2) is 6.75. The van der Waals surface area contributed by atoms with Crippen molar-refractivity contribution in [2.45, 2.75) is 50.8 Å². The molecule has 1 spiro atoms. The molecule has 1 aromatic heterocycles. The fourth-order valence-corrected chi connectivity index (χ4v) is 4.40. The van der Waals surface area contributed by atoms with E-state index in [0.29, 0.717) is 18.9 Å². The number of aromatic nitrogens is 2. The number of carbonyl (C=O) groups is 1. The largest absolute Gasteiger partial charge is 0.438 e. The minimum atomic E-state index is -0.371. The van der Waals surface area contributed by atoms with E-state index in [2.05, 4.69) is 40.5 Å². The van der Waals surface area contributed by atoms with Gasteiger partial charge in [0.25, 0.3) is 0 Å². The average Bonchev–Trinajstić information content (AvgIpc) is 2.98. The van der Waals surface area contributed by atoms with Crippen molar-refractivity contribution in [3.8, 4) is 6.07 Å². The first kappa shape index (κ1) is 19.2. The van der Waals surface area contributed by atoms with E-state index >= 15 is 0 Å². The summed E-state index contributed by atoms with van der Waals surface area (Å²) >= 11 is 6.04. The van der Waals surface area contributed by atoms with Gasteiger partial charge in [-0.1, -0.05) is 11.6 Å². The number of nitriles is 1. The highest BCUT2D eigenvalue weighted by Crippen LogP contribution is 2.38. The number of halogens is 1. The van der Waals surface area contributed by atoms with Crippen molar-refractivity contribution in [1.82, 2.24) is 19.8 Å². The summed E-state index contributed by atoms with van der Waals surface area (Å²) in [7, 11) is 0. The molecule has 1 aromatic rings. The molecule has 0 bridgehead atoms. The molecule has 0 radical (unpaired) electrons. The van der Waals surface area contributed by atoms with Crippen molar-refractivity contribution in [2.75, 3.05) is 37.6 Å². The molecule has 28 heavy (non-hydrogen) atoms. The van der Waals surface area contributed by atoms with Crippen molar-refractivity contribution in [3.05, 3.63) is 17.0 Å². The van der Waals surface area contributed by atoms with Crippen LogP contribution in [0.15, 0.2) is 6.20 Å². The Morgan fingerprint density at radius 2 is 2.11 bits per heavy atom. The summed E-state index contributed by atoms with van der Waals surface area (Å²) in [6.45, 7) is 10.2. The number of carbonyl (C=O) groups excluding carboxylic acids is 1. The predicted octanol–water partition coefficient (Wildman–Crippen LogP) is 2.28. The van der Waals surface area contributed by atoms with Gasteiger partial charge in [-0.15, -0.1) is 0 Å². The predicted molar refractivity (Wildman–Crippen MR) is 104 cm³/mol. The van der Waals surface area contributed by atoms with Crippen LogP contribution in [-0.2, 0) is 4.74 Å². The summed E-state index contributed by atoms with van der Waals surface area (Å²) in [6, 6.07) is 1.99. The van der Waals surface area contributed by atoms with Crippen molar-refractivity contribution >= 4 is 23.5 Å². The van der Waals surface area contributed by atoms with Gasteiger partial charge in [0.2, 0.25) is 0 Å². The zero-order valence-corrected chi connectivity index (χ0v) is 17.2. The number of rotatable bonds is 2. The second-order valence-electron chi connectivity index (χ2n) is 8.93. The molecule has 1 unspecified atom stereocenters. The molecule has 1 atom stereocenters. The normalized spacial score (nSPS) is 24.8. The van der Waals surface area contributed by atoms with E-state index < -0.39 is 0 Å². The summed E-state index contributed by atoms with van der Waals surface area (Å²) in [6.07, 6.45) is 3.23. The number of anilines is 1. The molecule has 1 amide bonds. The lowest BCUT2D eigenvalue weighted by molar-refractivity contribution is -0.110. The molecule has 8 nitrogen and oxygen atoms in total. The van der Waals surface area contributed by atoms with E-state index in [9.17, 15) is 4.79 Å². The topological polar surface area (TPSA) is 85.6 Å². The van der Waals surface area contributed by atoms with Crippen molar-refractivity contribution in [2.24, 2.45) is 0 Å². The highest BCUT2D eigenvalue weighted by molar-refractivity contribution is 6.30. The van der Waals surface area contributed by atoms with Gasteiger partial charge in [0.15, 0.2) is 16.4 Å². The number of nitrogens with zero attached hydrogens (tertiary/aromatic N) is 6. The van der Waals surface area contributed by atoms with Gasteiger partial charge in [0, 0.05) is 31.7 Å². The van der Waals surface area contributed by atoms with Crippen molar-refractivity contribution in [1.29, 1.82) is 5.26 Å². The van der Waals surface area contributed by atoms with Gasteiger partial charge in [-0.05, 0) is 33.6 Å². The summed E-state index contributed by atoms with van der Waals surface area (Å²) in [5.41, 5.74) is -0.165. The van der Waals surface area contributed by atoms with Gasteiger partial charge in [-0.2, -0.15) is 5.26 Å². The smallest absolute Gasteiger partial charge is 0.410 e. The number of likely N-dealkylation sites (tertiary alicyclic amines) is 1. The Morgan fingerprint density at radius 1 is 1.36 bits per heavy atom. The Bertz CT molecular complexity index is 827. The first-order chi connectivity index (χ1) is 13.2. The molecule has 3 aliphatic rings. The first-order valence-corrected chi connectivity index (χ1v) is 10.0. The summed E-state index contributed by atoms with van der Waals surface area (Å²) in [5.74, 6) is 0.638. The third-order valence-corrected chi connectivity index (χ3v) is 6.15. The fourth-order valence-electron chi connectivity index (χ4n) is 4.22. The third kappa shape index (κ3) is 3.38. The van der Waals surface area contributed by atoms with Crippen molar-refractivity contribution < 1.29 is 9.53 Å². The maximum atomic E-state index is 12.6. The number of ether oxygens (including phenoxy) is 1. The molecule has 4 rings (SSSR count). The van der Waals surface area contributed by atoms with Crippen LogP contribution in [0.2, 0.25) is 5.15 Å². The third-order valence-electron chi connectivity index (χ3n) is 5.89. The number of hydrogen-bond donors (Lipinski definition) is 0. The SMILES string of the molecule is CC(C)(C)N1CC2(CN(C3CCCN(c4cnc(C#N)c(Cl)n4)C3)C(=O)O2)C1. The molecule has 9 heteroatoms. The van der Waals surface area contributed by atoms with Crippen molar-refractivity contribution in [3.63, 3.8) is 0 Å². The zero-order chi connectivity index (χ0) is 20.1. The monoisotopic (exact) mass is 404 g/mol. The molecule has 4 heterocycles. The Balaban J connectivity index is 1.43. The molecular formula is C19H25ClN6O2. The first-order valence-electron chi connectivity index (χ1n) is 9.63. The number of amides is 1. The van der Waals surface area contributed by atoms with Crippen LogP contribution in [0.25, 0.3) is 0 Å². The van der Waals surface area contributed by atoms with Gasteiger partial charge >= 0.3 is 6.09 Å². The maximum absolute atomic E-state index is 12.6. The molecule has 150 valence electrons. The summed E-state index contributed by atoms with van der Waals surface area (Å²) in [4.78, 5) is 27.3. The van der Waals surface area contributed by atoms with Gasteiger partial charge < -0.3 is 9.64 Å². The molecule has 0 N–H and O–H groups in total. The summed E-state index contributed by atoms with van der Waals surface area (Å²) in [5, 5.41) is 9.08. The highest BCUT2D eigenvalue weighted by atomic mass is 35.5. The van der Waals surface area contributed by atoms with Gasteiger partial charge in [-0.3, -0.25) is 9.80 Å². The number of hydrogen-bond acceptors (Lipinski definition) is 7. The lowest BCUT2D eigenvalue weighted by atomic mass is 9.88. The lowest BCUT2D eigenvalue weighted by Crippen LogP contribution is -2.68. The fraction of sp³-hybridized carbons (Fsp3) is 0.684. The van der Waals surface area contributed by atoms with Crippen LogP contribution < -0.4 is 4.90 Å². The van der Waals surface area contributed by atoms with Crippen LogP contribution in [0, 0.1) is 11.3 Å². The molecule has 3 fully saturated rings. The van der Waals surface area contributed by atoms with Crippen LogP contribution in [0.5, 0.6) is 0 Å². The zero-order valence-electron chi connectivity index (χ0n) is 16.5. The van der Waals surface area contributed by atoms with Crippen LogP contribution in [0.1, 0.15) is 39.3 Å². The standard InChI is InChI=1S/C19H25ClN6O2/c1-18(2,3)25-10-19(11-25)12-26(17(27)28-19)13-5-4-6-24(9-13)15-8-22-14(7-21)16(20)23-15/h8,13H,4-6,9-12H2,1-3H3. The lowest BCUT2D eigenvalue weighted by Gasteiger charge is -2.52. The second-order valence-corrected chi connectivity index (χ2v) is 9.29. The Labute approximate surface area is 170 Å². The molecule has 0 aliphatic carbocycles. The Kier molecular flexibility index (Phi) is 4.63. The quantitative estimate of drug-likeness (QED) is 0.747. The van der Waals surface area contributed by atoms with E-state index in [4.69, 9.17) is 21.6 Å². The molecule has 0 aromatic carbocycles. The molecule has 3 saturated heterocycles. The van der Waals surface area contributed by atoms with E-state index in [1.54, 1.807) is 6.20 Å². The molecular weight excluding hydrogens is 380 g/mol. The Hall–Kier alpha value is -2.11. The van der Waals surface area contributed by atoms with Crippen LogP contribution in [0.4, 0.5) is 10.6 Å². The average molecular weight is 405 g/mol. The minimum Gasteiger partial charge on any atom is -0.438 e. The molecule has 3 aliphatic heterocycles. The van der Waals surface area contributed by atoms with Crippen LogP contribution in [0.3, 0.4) is 0 Å². The van der Waals surface area contributed by atoms with Gasteiger partial charge in [-0.25, -0.2) is 14.8 Å². The van der Waals surface area contributed by atoms with Crippen LogP contribution in [-0.4, -0.2) is 75.8 Å². The van der Waals surface area contributed by atoms with E-state index in [-0.39, 0.29) is 34.1 Å². The number of piperidine rings is 1. The van der Waals surface area contributed by atoms with E-state index in [0.717, 1.165) is 32.5 Å². The highest BCUT2D eigenvalue weighted by Gasteiger charge is 2.56. The maximum Gasteiger partial charge on any atom is 0.410 e. The minimum absolute atomic E-state index is 0.0699. The van der Waals surface area contributed by atoms with Gasteiger partial charge in [0.1, 0.15) is 11.9 Å². The van der Waals surface area contributed by atoms with Crippen LogP contribution >= 0.6 is 11.6 Å². The summed E-state index contributed by atoms with van der Waals surface area (Å²) < 4.78 is 5.81.